The molecule has 0 aliphatic heterocycles. The van der Waals surface area contributed by atoms with Gasteiger partial charge in [-0.1, -0.05) is 29.8 Å². The molecule has 0 amide bonds. The predicted octanol–water partition coefficient (Wildman–Crippen LogP) is 2.85. The summed E-state index contributed by atoms with van der Waals surface area (Å²) in [5, 5.41) is 8.58. The molecular weight excluding hydrogens is 222 g/mol. The third-order valence-corrected chi connectivity index (χ3v) is 2.54. The van der Waals surface area contributed by atoms with Gasteiger partial charge in [-0.25, -0.2) is 9.97 Å². The van der Waals surface area contributed by atoms with E-state index >= 15 is 0 Å². The molecule has 1 aromatic carbocycles. The Balaban J connectivity index is 2.40. The lowest BCUT2D eigenvalue weighted by Crippen LogP contribution is -2.04. The van der Waals surface area contributed by atoms with Gasteiger partial charge in [0.05, 0.1) is 5.71 Å². The van der Waals surface area contributed by atoms with Crippen LogP contribution in [0.5, 0.6) is 0 Å². The number of halogens is 1. The summed E-state index contributed by atoms with van der Waals surface area (Å²) in [7, 11) is 0. The average molecular weight is 232 g/mol. The first-order chi connectivity index (χ1) is 7.68. The summed E-state index contributed by atoms with van der Waals surface area (Å²) >= 11 is 6.02. The van der Waals surface area contributed by atoms with Gasteiger partial charge in [-0.2, -0.15) is 0 Å². The van der Waals surface area contributed by atoms with Gasteiger partial charge in [0, 0.05) is 28.5 Å². The summed E-state index contributed by atoms with van der Waals surface area (Å²) < 4.78 is 0. The van der Waals surface area contributed by atoms with Crippen LogP contribution in [0.2, 0.25) is 5.02 Å². The van der Waals surface area contributed by atoms with Crippen molar-refractivity contribution < 1.29 is 0 Å². The molecule has 0 atom stereocenters. The van der Waals surface area contributed by atoms with Crippen LogP contribution >= 0.6 is 11.6 Å². The number of aromatic nitrogens is 2. The van der Waals surface area contributed by atoms with Crippen LogP contribution in [-0.2, 0) is 0 Å². The molecule has 0 unspecified atom stereocenters. The van der Waals surface area contributed by atoms with Crippen LogP contribution in [0.15, 0.2) is 36.7 Å². The maximum atomic E-state index is 8.02. The lowest BCUT2D eigenvalue weighted by molar-refractivity contribution is 1.05. The first-order valence-electron chi connectivity index (χ1n) is 4.81. The van der Waals surface area contributed by atoms with Gasteiger partial charge in [0.15, 0.2) is 0 Å². The van der Waals surface area contributed by atoms with Crippen LogP contribution in [0.4, 0.5) is 0 Å². The standard InChI is InChI=1S/C12H10ClN3/c1-8-15-6-9(7-16-8)12(14)10-4-2-3-5-11(10)13/h2-7,14H,1H3. The highest BCUT2D eigenvalue weighted by Crippen LogP contribution is 2.18. The molecule has 1 N–H and O–H groups in total. The maximum absolute atomic E-state index is 8.02. The lowest BCUT2D eigenvalue weighted by Gasteiger charge is -2.05. The molecule has 4 heteroatoms. The molecule has 1 heterocycles. The zero-order valence-corrected chi connectivity index (χ0v) is 9.49. The monoisotopic (exact) mass is 231 g/mol. The summed E-state index contributed by atoms with van der Waals surface area (Å²) in [6.07, 6.45) is 3.27. The SMILES string of the molecule is Cc1ncc(C(=N)c2ccccc2Cl)cn1. The minimum absolute atomic E-state index is 0.339. The molecule has 16 heavy (non-hydrogen) atoms. The van der Waals surface area contributed by atoms with E-state index in [0.29, 0.717) is 27.7 Å². The molecule has 0 aliphatic carbocycles. The van der Waals surface area contributed by atoms with Crippen molar-refractivity contribution in [1.82, 2.24) is 9.97 Å². The van der Waals surface area contributed by atoms with Gasteiger partial charge in [-0.15, -0.1) is 0 Å². The highest BCUT2D eigenvalue weighted by atomic mass is 35.5. The van der Waals surface area contributed by atoms with Gasteiger partial charge in [0.25, 0.3) is 0 Å². The number of nitrogens with zero attached hydrogens (tertiary/aromatic N) is 2. The van der Waals surface area contributed by atoms with E-state index in [0.717, 1.165) is 0 Å². The first kappa shape index (κ1) is 10.8. The van der Waals surface area contributed by atoms with Gasteiger partial charge in [0.2, 0.25) is 0 Å². The third-order valence-electron chi connectivity index (χ3n) is 2.21. The second-order valence-electron chi connectivity index (χ2n) is 3.37. The zero-order valence-electron chi connectivity index (χ0n) is 8.74. The van der Waals surface area contributed by atoms with Gasteiger partial charge in [-0.05, 0) is 13.0 Å². The van der Waals surface area contributed by atoms with Crippen molar-refractivity contribution >= 4 is 17.3 Å². The summed E-state index contributed by atoms with van der Waals surface area (Å²) in [5.74, 6) is 0.690. The molecule has 0 aliphatic rings. The Morgan fingerprint density at radius 1 is 1.19 bits per heavy atom. The van der Waals surface area contributed by atoms with Gasteiger partial charge in [-0.3, -0.25) is 5.41 Å². The Bertz CT molecular complexity index is 520. The highest BCUT2D eigenvalue weighted by molar-refractivity contribution is 6.35. The molecule has 1 aromatic heterocycles. The Hall–Kier alpha value is -1.74. The average Bonchev–Trinajstić information content (AvgIpc) is 2.30. The number of aryl methyl sites for hydroxylation is 1. The minimum atomic E-state index is 0.339. The van der Waals surface area contributed by atoms with Crippen LogP contribution in [0.25, 0.3) is 0 Å². The van der Waals surface area contributed by atoms with Crippen LogP contribution in [0.3, 0.4) is 0 Å². The number of rotatable bonds is 2. The molecule has 3 nitrogen and oxygen atoms in total. The minimum Gasteiger partial charge on any atom is -0.299 e. The van der Waals surface area contributed by atoms with Crippen LogP contribution < -0.4 is 0 Å². The van der Waals surface area contributed by atoms with Crippen molar-refractivity contribution in [3.63, 3.8) is 0 Å². The second kappa shape index (κ2) is 4.41. The van der Waals surface area contributed by atoms with E-state index in [-0.39, 0.29) is 0 Å². The largest absolute Gasteiger partial charge is 0.299 e. The van der Waals surface area contributed by atoms with Crippen molar-refractivity contribution in [2.75, 3.05) is 0 Å². The maximum Gasteiger partial charge on any atom is 0.125 e. The molecular formula is C12H10ClN3. The third kappa shape index (κ3) is 2.09. The van der Waals surface area contributed by atoms with E-state index in [2.05, 4.69) is 9.97 Å². The Morgan fingerprint density at radius 3 is 2.44 bits per heavy atom. The van der Waals surface area contributed by atoms with Crippen LogP contribution in [0.1, 0.15) is 17.0 Å². The molecule has 2 aromatic rings. The molecule has 0 saturated heterocycles. The Labute approximate surface area is 98.6 Å². The lowest BCUT2D eigenvalue weighted by atomic mass is 10.1. The molecule has 0 radical (unpaired) electrons. The summed E-state index contributed by atoms with van der Waals surface area (Å²) in [6, 6.07) is 7.26. The van der Waals surface area contributed by atoms with Crippen molar-refractivity contribution in [3.05, 3.63) is 58.6 Å². The molecule has 0 fully saturated rings. The molecule has 2 rings (SSSR count). The normalized spacial score (nSPS) is 10.1. The van der Waals surface area contributed by atoms with Crippen LogP contribution in [0, 0.1) is 12.3 Å². The Morgan fingerprint density at radius 2 is 1.81 bits per heavy atom. The fourth-order valence-electron chi connectivity index (χ4n) is 1.34. The number of benzene rings is 1. The van der Waals surface area contributed by atoms with Crippen LogP contribution in [-0.4, -0.2) is 15.7 Å². The van der Waals surface area contributed by atoms with E-state index in [1.807, 2.05) is 25.1 Å². The molecule has 0 spiro atoms. The quantitative estimate of drug-likeness (QED) is 0.808. The van der Waals surface area contributed by atoms with Crippen molar-refractivity contribution in [2.24, 2.45) is 0 Å². The topological polar surface area (TPSA) is 49.6 Å². The van der Waals surface area contributed by atoms with E-state index < -0.39 is 0 Å². The van der Waals surface area contributed by atoms with Crippen molar-refractivity contribution in [3.8, 4) is 0 Å². The van der Waals surface area contributed by atoms with Gasteiger partial charge in [0.1, 0.15) is 5.82 Å². The molecule has 0 saturated carbocycles. The van der Waals surface area contributed by atoms with E-state index in [4.69, 9.17) is 17.0 Å². The molecule has 80 valence electrons. The number of hydrogen-bond donors (Lipinski definition) is 1. The zero-order chi connectivity index (χ0) is 11.5. The highest BCUT2D eigenvalue weighted by Gasteiger charge is 2.08. The molecule has 0 bridgehead atoms. The number of nitrogens with one attached hydrogen (secondary N) is 1. The van der Waals surface area contributed by atoms with Crippen molar-refractivity contribution in [1.29, 1.82) is 5.41 Å². The second-order valence-corrected chi connectivity index (χ2v) is 3.78. The summed E-state index contributed by atoms with van der Waals surface area (Å²) in [6.45, 7) is 1.81. The smallest absolute Gasteiger partial charge is 0.125 e. The van der Waals surface area contributed by atoms with E-state index in [1.54, 1.807) is 18.5 Å². The fraction of sp³-hybridized carbons (Fsp3) is 0.0833. The first-order valence-corrected chi connectivity index (χ1v) is 5.19. The summed E-state index contributed by atoms with van der Waals surface area (Å²) in [5.41, 5.74) is 1.70. The van der Waals surface area contributed by atoms with E-state index in [9.17, 15) is 0 Å². The van der Waals surface area contributed by atoms with Gasteiger partial charge >= 0.3 is 0 Å². The fourth-order valence-corrected chi connectivity index (χ4v) is 1.57. The summed E-state index contributed by atoms with van der Waals surface area (Å²) in [4.78, 5) is 8.12. The number of hydrogen-bond acceptors (Lipinski definition) is 3. The van der Waals surface area contributed by atoms with Gasteiger partial charge < -0.3 is 0 Å². The Kier molecular flexibility index (Phi) is 2.97. The van der Waals surface area contributed by atoms with E-state index in [1.165, 1.54) is 0 Å². The predicted molar refractivity (Wildman–Crippen MR) is 64.2 cm³/mol. The van der Waals surface area contributed by atoms with Crippen molar-refractivity contribution in [2.45, 2.75) is 6.92 Å².